The molecule has 0 spiro atoms. The van der Waals surface area contributed by atoms with Crippen LogP contribution in [0.3, 0.4) is 0 Å². The maximum Gasteiger partial charge on any atom is 0.356 e. The molecule has 0 bridgehead atoms. The number of piperidine rings is 1. The first-order valence-electron chi connectivity index (χ1n) is 5.67. The number of methoxy groups -OCH3 is 1. The topological polar surface area (TPSA) is 76.1 Å². The van der Waals surface area contributed by atoms with Crippen molar-refractivity contribution in [2.24, 2.45) is 0 Å². The Hall–Kier alpha value is -1.69. The number of esters is 1. The fourth-order valence-corrected chi connectivity index (χ4v) is 1.83. The summed E-state index contributed by atoms with van der Waals surface area (Å²) in [6.07, 6.45) is 3.48. The van der Waals surface area contributed by atoms with Crippen LogP contribution in [0.15, 0.2) is 12.4 Å². The van der Waals surface area contributed by atoms with E-state index in [0.717, 1.165) is 25.9 Å². The van der Waals surface area contributed by atoms with E-state index in [1.165, 1.54) is 13.4 Å². The number of carbonyl (C=O) groups is 1. The molecule has 1 aromatic heterocycles. The molecule has 17 heavy (non-hydrogen) atoms. The number of carbonyl (C=O) groups excluding carboxylic acids is 1. The van der Waals surface area contributed by atoms with E-state index in [1.54, 1.807) is 6.07 Å². The van der Waals surface area contributed by atoms with Gasteiger partial charge in [0, 0.05) is 12.1 Å². The molecular weight excluding hydrogens is 220 g/mol. The van der Waals surface area contributed by atoms with Gasteiger partial charge >= 0.3 is 5.97 Å². The Morgan fingerprint density at radius 1 is 1.47 bits per heavy atom. The molecule has 0 aromatic carbocycles. The van der Waals surface area contributed by atoms with E-state index in [1.807, 2.05) is 0 Å². The van der Waals surface area contributed by atoms with Gasteiger partial charge in [-0.3, -0.25) is 0 Å². The van der Waals surface area contributed by atoms with Gasteiger partial charge in [-0.1, -0.05) is 0 Å². The summed E-state index contributed by atoms with van der Waals surface area (Å²) in [6.45, 7) is 2.01. The lowest BCUT2D eigenvalue weighted by atomic mass is 10.1. The van der Waals surface area contributed by atoms with Crippen molar-refractivity contribution in [2.75, 3.05) is 25.5 Å². The molecule has 1 aliphatic heterocycles. The minimum Gasteiger partial charge on any atom is -0.464 e. The van der Waals surface area contributed by atoms with Gasteiger partial charge < -0.3 is 15.4 Å². The highest BCUT2D eigenvalue weighted by atomic mass is 16.5. The zero-order chi connectivity index (χ0) is 12.1. The minimum absolute atomic E-state index is 0.277. The van der Waals surface area contributed by atoms with Crippen LogP contribution in [0.5, 0.6) is 0 Å². The summed E-state index contributed by atoms with van der Waals surface area (Å²) >= 11 is 0. The normalized spacial score (nSPS) is 16.5. The molecule has 1 aliphatic rings. The van der Waals surface area contributed by atoms with Crippen molar-refractivity contribution in [1.29, 1.82) is 0 Å². The molecule has 0 aliphatic carbocycles. The lowest BCUT2D eigenvalue weighted by molar-refractivity contribution is 0.0594. The average molecular weight is 236 g/mol. The summed E-state index contributed by atoms with van der Waals surface area (Å²) in [6, 6.07) is 2.02. The second-order valence-corrected chi connectivity index (χ2v) is 3.95. The molecule has 1 aromatic rings. The second-order valence-electron chi connectivity index (χ2n) is 3.95. The van der Waals surface area contributed by atoms with Crippen molar-refractivity contribution in [3.05, 3.63) is 18.1 Å². The van der Waals surface area contributed by atoms with Crippen LogP contribution >= 0.6 is 0 Å². The zero-order valence-electron chi connectivity index (χ0n) is 9.77. The van der Waals surface area contributed by atoms with Gasteiger partial charge in [0.2, 0.25) is 0 Å². The number of hydrogen-bond donors (Lipinski definition) is 2. The van der Waals surface area contributed by atoms with E-state index in [2.05, 4.69) is 25.3 Å². The summed E-state index contributed by atoms with van der Waals surface area (Å²) in [5, 5.41) is 6.59. The highest BCUT2D eigenvalue weighted by molar-refractivity contribution is 5.87. The summed E-state index contributed by atoms with van der Waals surface area (Å²) in [5.41, 5.74) is 0.277. The first-order chi connectivity index (χ1) is 8.29. The van der Waals surface area contributed by atoms with Gasteiger partial charge in [0.1, 0.15) is 12.1 Å². The molecule has 0 saturated carbocycles. The first-order valence-corrected chi connectivity index (χ1v) is 5.67. The fraction of sp³-hybridized carbons (Fsp3) is 0.545. The Balaban J connectivity index is 2.02. The van der Waals surface area contributed by atoms with Crippen LogP contribution in [-0.2, 0) is 4.74 Å². The Labute approximate surface area is 99.8 Å². The van der Waals surface area contributed by atoms with Crippen LogP contribution in [0.4, 0.5) is 5.82 Å². The molecule has 2 heterocycles. The van der Waals surface area contributed by atoms with Gasteiger partial charge in [0.25, 0.3) is 0 Å². The molecule has 0 amide bonds. The quantitative estimate of drug-likeness (QED) is 0.741. The number of ether oxygens (including phenoxy) is 1. The third kappa shape index (κ3) is 3.13. The van der Waals surface area contributed by atoms with E-state index < -0.39 is 5.97 Å². The maximum atomic E-state index is 11.3. The summed E-state index contributed by atoms with van der Waals surface area (Å²) in [5.74, 6) is 0.230. The van der Waals surface area contributed by atoms with Crippen molar-refractivity contribution in [1.82, 2.24) is 15.3 Å². The van der Waals surface area contributed by atoms with Crippen molar-refractivity contribution in [2.45, 2.75) is 18.9 Å². The van der Waals surface area contributed by atoms with Gasteiger partial charge in [-0.15, -0.1) is 0 Å². The van der Waals surface area contributed by atoms with Gasteiger partial charge in [-0.2, -0.15) is 0 Å². The number of nitrogens with one attached hydrogen (secondary N) is 2. The second kappa shape index (κ2) is 5.58. The molecule has 6 heteroatoms. The van der Waals surface area contributed by atoms with Gasteiger partial charge in [0.05, 0.1) is 7.11 Å². The predicted octanol–water partition coefficient (Wildman–Crippen LogP) is 0.427. The van der Waals surface area contributed by atoms with Crippen molar-refractivity contribution in [3.8, 4) is 0 Å². The number of nitrogens with zero attached hydrogens (tertiary/aromatic N) is 2. The number of anilines is 1. The molecule has 6 nitrogen and oxygen atoms in total. The van der Waals surface area contributed by atoms with Crippen molar-refractivity contribution in [3.63, 3.8) is 0 Å². The lowest BCUT2D eigenvalue weighted by Crippen LogP contribution is -2.35. The van der Waals surface area contributed by atoms with Crippen LogP contribution in [0, 0.1) is 0 Å². The standard InChI is InChI=1S/C11H16N4O2/c1-17-11(16)9-6-10(14-7-13-9)15-8-2-4-12-5-3-8/h6-8,12H,2-5H2,1H3,(H,13,14,15). The van der Waals surface area contributed by atoms with Gasteiger partial charge in [-0.25, -0.2) is 14.8 Å². The lowest BCUT2D eigenvalue weighted by Gasteiger charge is -2.24. The van der Waals surface area contributed by atoms with E-state index in [0.29, 0.717) is 11.9 Å². The van der Waals surface area contributed by atoms with E-state index in [4.69, 9.17) is 0 Å². The van der Waals surface area contributed by atoms with Crippen LogP contribution in [-0.4, -0.2) is 42.2 Å². The molecule has 1 saturated heterocycles. The highest BCUT2D eigenvalue weighted by Crippen LogP contribution is 2.11. The van der Waals surface area contributed by atoms with E-state index in [-0.39, 0.29) is 5.69 Å². The minimum atomic E-state index is -0.444. The SMILES string of the molecule is COC(=O)c1cc(NC2CCNCC2)ncn1. The molecule has 0 atom stereocenters. The maximum absolute atomic E-state index is 11.3. The third-order valence-electron chi connectivity index (χ3n) is 2.75. The third-order valence-corrected chi connectivity index (χ3v) is 2.75. The monoisotopic (exact) mass is 236 g/mol. The summed E-state index contributed by atoms with van der Waals surface area (Å²) < 4.78 is 4.61. The number of aromatic nitrogens is 2. The molecule has 0 unspecified atom stereocenters. The summed E-state index contributed by atoms with van der Waals surface area (Å²) in [7, 11) is 1.34. The van der Waals surface area contributed by atoms with Crippen molar-refractivity contribution >= 4 is 11.8 Å². The summed E-state index contributed by atoms with van der Waals surface area (Å²) in [4.78, 5) is 19.3. The molecule has 0 radical (unpaired) electrons. The Kier molecular flexibility index (Phi) is 3.87. The van der Waals surface area contributed by atoms with Crippen LogP contribution in [0.1, 0.15) is 23.3 Å². The van der Waals surface area contributed by atoms with Crippen LogP contribution in [0.25, 0.3) is 0 Å². The molecular formula is C11H16N4O2. The largest absolute Gasteiger partial charge is 0.464 e. The molecule has 1 fully saturated rings. The van der Waals surface area contributed by atoms with E-state index in [9.17, 15) is 4.79 Å². The Bertz CT molecular complexity index is 391. The molecule has 2 N–H and O–H groups in total. The Morgan fingerprint density at radius 3 is 2.94 bits per heavy atom. The van der Waals surface area contributed by atoms with Gasteiger partial charge in [0.15, 0.2) is 5.69 Å². The van der Waals surface area contributed by atoms with E-state index >= 15 is 0 Å². The van der Waals surface area contributed by atoms with Gasteiger partial charge in [-0.05, 0) is 25.9 Å². The fourth-order valence-electron chi connectivity index (χ4n) is 1.83. The Morgan fingerprint density at radius 2 is 2.24 bits per heavy atom. The predicted molar refractivity (Wildman–Crippen MR) is 62.9 cm³/mol. The highest BCUT2D eigenvalue weighted by Gasteiger charge is 2.14. The number of hydrogen-bond acceptors (Lipinski definition) is 6. The average Bonchev–Trinajstić information content (AvgIpc) is 2.39. The molecule has 2 rings (SSSR count). The van der Waals surface area contributed by atoms with Crippen LogP contribution in [0.2, 0.25) is 0 Å². The number of rotatable bonds is 3. The first kappa shape index (κ1) is 11.8. The molecule has 92 valence electrons. The van der Waals surface area contributed by atoms with Crippen LogP contribution < -0.4 is 10.6 Å². The smallest absolute Gasteiger partial charge is 0.356 e. The zero-order valence-corrected chi connectivity index (χ0v) is 9.77. The van der Waals surface area contributed by atoms with Crippen molar-refractivity contribution < 1.29 is 9.53 Å².